The van der Waals surface area contributed by atoms with Gasteiger partial charge in [-0.3, -0.25) is 0 Å². The molecule has 0 radical (unpaired) electrons. The second-order valence-electron chi connectivity index (χ2n) is 3.55. The minimum Gasteiger partial charge on any atom is -0.508 e. The number of hydrogen-bond acceptors (Lipinski definition) is 4. The van der Waals surface area contributed by atoms with Crippen LogP contribution in [0.3, 0.4) is 0 Å². The zero-order valence-electron chi connectivity index (χ0n) is 9.13. The van der Waals surface area contributed by atoms with Crippen LogP contribution >= 0.6 is 0 Å². The molecule has 0 saturated carbocycles. The first-order chi connectivity index (χ1) is 8.56. The van der Waals surface area contributed by atoms with Crippen LogP contribution in [0.25, 0.3) is 0 Å². The molecule has 0 spiro atoms. The van der Waals surface area contributed by atoms with Crippen LogP contribution in [-0.2, 0) is 0 Å². The van der Waals surface area contributed by atoms with Crippen molar-refractivity contribution in [3.05, 3.63) is 53.8 Å². The van der Waals surface area contributed by atoms with Crippen molar-refractivity contribution in [3.8, 4) is 17.2 Å². The van der Waals surface area contributed by atoms with E-state index in [4.69, 9.17) is 14.9 Å². The highest BCUT2D eigenvalue weighted by Gasteiger charge is 2.14. The summed E-state index contributed by atoms with van der Waals surface area (Å²) in [6.45, 7) is 0. The fourth-order valence-electron chi connectivity index (χ4n) is 1.35. The standard InChI is InChI=1S/C13H9FO4/c14-12-7-9(16)3-6-11(12)13(17)18-10-4-1-8(15)2-5-10/h1-7,15-16H. The summed E-state index contributed by atoms with van der Waals surface area (Å²) in [6, 6.07) is 8.60. The van der Waals surface area contributed by atoms with E-state index in [0.717, 1.165) is 12.1 Å². The Morgan fingerprint density at radius 1 is 1.00 bits per heavy atom. The van der Waals surface area contributed by atoms with Gasteiger partial charge in [0.2, 0.25) is 0 Å². The maximum atomic E-state index is 13.4. The normalized spacial score (nSPS) is 10.1. The molecule has 2 N–H and O–H groups in total. The lowest BCUT2D eigenvalue weighted by Gasteiger charge is -2.05. The first-order valence-corrected chi connectivity index (χ1v) is 5.06. The molecule has 0 aliphatic heterocycles. The summed E-state index contributed by atoms with van der Waals surface area (Å²) in [6.07, 6.45) is 0. The van der Waals surface area contributed by atoms with E-state index in [1.54, 1.807) is 0 Å². The highest BCUT2D eigenvalue weighted by molar-refractivity contribution is 5.91. The number of carbonyl (C=O) groups is 1. The van der Waals surface area contributed by atoms with Gasteiger partial charge in [0.25, 0.3) is 0 Å². The monoisotopic (exact) mass is 248 g/mol. The summed E-state index contributed by atoms with van der Waals surface area (Å²) in [4.78, 5) is 11.6. The van der Waals surface area contributed by atoms with E-state index in [0.29, 0.717) is 0 Å². The van der Waals surface area contributed by atoms with Crippen molar-refractivity contribution in [2.24, 2.45) is 0 Å². The number of rotatable bonds is 2. The Kier molecular flexibility index (Phi) is 3.14. The number of halogens is 1. The number of hydrogen-bond donors (Lipinski definition) is 2. The van der Waals surface area contributed by atoms with Crippen LogP contribution < -0.4 is 4.74 Å². The van der Waals surface area contributed by atoms with Gasteiger partial charge in [0.1, 0.15) is 23.1 Å². The van der Waals surface area contributed by atoms with Crippen molar-refractivity contribution < 1.29 is 24.1 Å². The van der Waals surface area contributed by atoms with E-state index in [1.807, 2.05) is 0 Å². The number of phenolic OH excluding ortho intramolecular Hbond substituents is 2. The maximum absolute atomic E-state index is 13.4. The molecule has 0 amide bonds. The van der Waals surface area contributed by atoms with Gasteiger partial charge in [-0.25, -0.2) is 9.18 Å². The van der Waals surface area contributed by atoms with Crippen LogP contribution in [0.1, 0.15) is 10.4 Å². The average Bonchev–Trinajstić information content (AvgIpc) is 2.32. The molecule has 92 valence electrons. The van der Waals surface area contributed by atoms with E-state index < -0.39 is 11.8 Å². The lowest BCUT2D eigenvalue weighted by molar-refractivity contribution is 0.0729. The molecule has 5 heteroatoms. The number of phenols is 2. The molecule has 0 unspecified atom stereocenters. The van der Waals surface area contributed by atoms with Crippen molar-refractivity contribution in [1.82, 2.24) is 0 Å². The van der Waals surface area contributed by atoms with Crippen molar-refractivity contribution in [2.45, 2.75) is 0 Å². The van der Waals surface area contributed by atoms with E-state index in [9.17, 15) is 9.18 Å². The topological polar surface area (TPSA) is 66.8 Å². The van der Waals surface area contributed by atoms with Gasteiger partial charge in [-0.2, -0.15) is 0 Å². The zero-order chi connectivity index (χ0) is 13.1. The molecule has 0 bridgehead atoms. The Morgan fingerprint density at radius 3 is 2.22 bits per heavy atom. The lowest BCUT2D eigenvalue weighted by atomic mass is 10.2. The first kappa shape index (κ1) is 11.9. The number of carbonyl (C=O) groups excluding carboxylic acids is 1. The molecular formula is C13H9FO4. The van der Waals surface area contributed by atoms with Gasteiger partial charge in [-0.1, -0.05) is 0 Å². The van der Waals surface area contributed by atoms with E-state index in [2.05, 4.69) is 0 Å². The molecule has 2 aromatic carbocycles. The van der Waals surface area contributed by atoms with Crippen LogP contribution in [-0.4, -0.2) is 16.2 Å². The summed E-state index contributed by atoms with van der Waals surface area (Å²) in [5.74, 6) is -1.79. The maximum Gasteiger partial charge on any atom is 0.346 e. The highest BCUT2D eigenvalue weighted by atomic mass is 19.1. The summed E-state index contributed by atoms with van der Waals surface area (Å²) in [5, 5.41) is 18.1. The van der Waals surface area contributed by atoms with Gasteiger partial charge in [0.05, 0.1) is 5.56 Å². The Hall–Kier alpha value is -2.56. The molecule has 2 rings (SSSR count). The van der Waals surface area contributed by atoms with E-state index in [1.165, 1.54) is 30.3 Å². The quantitative estimate of drug-likeness (QED) is 0.632. The Bertz CT molecular complexity index is 578. The second-order valence-corrected chi connectivity index (χ2v) is 3.55. The molecule has 18 heavy (non-hydrogen) atoms. The Labute approximate surface area is 102 Å². The molecule has 0 aliphatic rings. The van der Waals surface area contributed by atoms with Gasteiger partial charge in [0, 0.05) is 6.07 Å². The molecule has 2 aromatic rings. The highest BCUT2D eigenvalue weighted by Crippen LogP contribution is 2.20. The Morgan fingerprint density at radius 2 is 1.61 bits per heavy atom. The van der Waals surface area contributed by atoms with Gasteiger partial charge in [-0.05, 0) is 36.4 Å². The van der Waals surface area contributed by atoms with Crippen molar-refractivity contribution in [2.75, 3.05) is 0 Å². The van der Waals surface area contributed by atoms with Crippen LogP contribution in [0.5, 0.6) is 17.2 Å². The average molecular weight is 248 g/mol. The molecule has 0 aliphatic carbocycles. The summed E-state index contributed by atoms with van der Waals surface area (Å²) in [5.41, 5.74) is -0.277. The van der Waals surface area contributed by atoms with E-state index in [-0.39, 0.29) is 22.8 Å². The zero-order valence-corrected chi connectivity index (χ0v) is 9.13. The smallest absolute Gasteiger partial charge is 0.346 e. The third kappa shape index (κ3) is 2.57. The SMILES string of the molecule is O=C(Oc1ccc(O)cc1)c1ccc(O)cc1F. The number of benzene rings is 2. The fraction of sp³-hybridized carbons (Fsp3) is 0. The van der Waals surface area contributed by atoms with Crippen molar-refractivity contribution in [3.63, 3.8) is 0 Å². The van der Waals surface area contributed by atoms with Crippen LogP contribution in [0.15, 0.2) is 42.5 Å². The van der Waals surface area contributed by atoms with E-state index >= 15 is 0 Å². The van der Waals surface area contributed by atoms with Crippen molar-refractivity contribution in [1.29, 1.82) is 0 Å². The number of esters is 1. The summed E-state index contributed by atoms with van der Waals surface area (Å²) in [7, 11) is 0. The molecule has 0 saturated heterocycles. The third-order valence-electron chi connectivity index (χ3n) is 2.22. The van der Waals surface area contributed by atoms with Crippen LogP contribution in [0.4, 0.5) is 4.39 Å². The summed E-state index contributed by atoms with van der Waals surface area (Å²) >= 11 is 0. The third-order valence-corrected chi connectivity index (χ3v) is 2.22. The van der Waals surface area contributed by atoms with Gasteiger partial charge >= 0.3 is 5.97 Å². The minimum atomic E-state index is -0.877. The fourth-order valence-corrected chi connectivity index (χ4v) is 1.35. The van der Waals surface area contributed by atoms with Gasteiger partial charge < -0.3 is 14.9 Å². The van der Waals surface area contributed by atoms with Gasteiger partial charge in [-0.15, -0.1) is 0 Å². The predicted molar refractivity (Wildman–Crippen MR) is 61.1 cm³/mol. The molecule has 0 fully saturated rings. The molecular weight excluding hydrogens is 239 g/mol. The van der Waals surface area contributed by atoms with Crippen molar-refractivity contribution >= 4 is 5.97 Å². The van der Waals surface area contributed by atoms with Crippen LogP contribution in [0, 0.1) is 5.82 Å². The molecule has 0 atom stereocenters. The summed E-state index contributed by atoms with van der Waals surface area (Å²) < 4.78 is 18.3. The first-order valence-electron chi connectivity index (χ1n) is 5.06. The predicted octanol–water partition coefficient (Wildman–Crippen LogP) is 2.46. The lowest BCUT2D eigenvalue weighted by Crippen LogP contribution is -2.10. The number of ether oxygens (including phenoxy) is 1. The second kappa shape index (κ2) is 4.75. The Balaban J connectivity index is 2.19. The minimum absolute atomic E-state index is 0.0330. The molecule has 0 aromatic heterocycles. The molecule has 0 heterocycles. The van der Waals surface area contributed by atoms with Crippen LogP contribution in [0.2, 0.25) is 0 Å². The largest absolute Gasteiger partial charge is 0.508 e. The van der Waals surface area contributed by atoms with Gasteiger partial charge in [0.15, 0.2) is 0 Å². The molecule has 4 nitrogen and oxygen atoms in total. The number of aromatic hydroxyl groups is 2.